The van der Waals surface area contributed by atoms with Crippen LogP contribution in [0.5, 0.6) is 0 Å². The van der Waals surface area contributed by atoms with Crippen molar-refractivity contribution in [3.8, 4) is 0 Å². The standard InChI is InChI=1S/C18H27N3O/c1-17(2)8-14-9-18(3,10-17)11-20(14)12-21-16(22)7-13-5-4-6-15(13)19-21/h7,14H,4-6,8-12H2,1-3H3. The van der Waals surface area contributed by atoms with E-state index in [0.29, 0.717) is 23.5 Å². The smallest absolute Gasteiger partial charge is 0.268 e. The van der Waals surface area contributed by atoms with Crippen molar-refractivity contribution < 1.29 is 0 Å². The van der Waals surface area contributed by atoms with Gasteiger partial charge in [0, 0.05) is 18.7 Å². The van der Waals surface area contributed by atoms with Gasteiger partial charge in [0.1, 0.15) is 0 Å². The number of fused-ring (bicyclic) bond motifs is 3. The topological polar surface area (TPSA) is 38.1 Å². The summed E-state index contributed by atoms with van der Waals surface area (Å²) in [5.74, 6) is 0. The van der Waals surface area contributed by atoms with E-state index in [4.69, 9.17) is 0 Å². The van der Waals surface area contributed by atoms with Gasteiger partial charge in [0.25, 0.3) is 5.56 Å². The molecule has 120 valence electrons. The van der Waals surface area contributed by atoms with Crippen LogP contribution in [0.3, 0.4) is 0 Å². The van der Waals surface area contributed by atoms with Crippen LogP contribution in [-0.2, 0) is 19.5 Å². The fraction of sp³-hybridized carbons (Fsp3) is 0.778. The van der Waals surface area contributed by atoms with Crippen LogP contribution < -0.4 is 5.56 Å². The third kappa shape index (κ3) is 2.41. The molecule has 0 N–H and O–H groups in total. The third-order valence-corrected chi connectivity index (χ3v) is 5.86. The molecular weight excluding hydrogens is 274 g/mol. The van der Waals surface area contributed by atoms with Gasteiger partial charge in [-0.15, -0.1) is 0 Å². The molecule has 0 amide bonds. The van der Waals surface area contributed by atoms with Crippen molar-refractivity contribution in [1.29, 1.82) is 0 Å². The Morgan fingerprint density at radius 2 is 2.09 bits per heavy atom. The van der Waals surface area contributed by atoms with E-state index >= 15 is 0 Å². The molecular formula is C18H27N3O. The Balaban J connectivity index is 1.59. The molecule has 1 saturated carbocycles. The van der Waals surface area contributed by atoms with Gasteiger partial charge in [-0.25, -0.2) is 4.68 Å². The van der Waals surface area contributed by atoms with Crippen molar-refractivity contribution >= 4 is 0 Å². The quantitative estimate of drug-likeness (QED) is 0.843. The lowest BCUT2D eigenvalue weighted by molar-refractivity contribution is 0.119. The lowest BCUT2D eigenvalue weighted by Gasteiger charge is -2.39. The Labute approximate surface area is 132 Å². The number of likely N-dealkylation sites (tertiary alicyclic amines) is 1. The summed E-state index contributed by atoms with van der Waals surface area (Å²) < 4.78 is 1.71. The highest BCUT2D eigenvalue weighted by Crippen LogP contribution is 2.52. The van der Waals surface area contributed by atoms with E-state index in [1.54, 1.807) is 4.68 Å². The molecule has 2 unspecified atom stereocenters. The maximum atomic E-state index is 12.3. The highest BCUT2D eigenvalue weighted by molar-refractivity contribution is 5.22. The molecule has 22 heavy (non-hydrogen) atoms. The Hall–Kier alpha value is -1.16. The number of aromatic nitrogens is 2. The second-order valence-electron chi connectivity index (χ2n) is 8.91. The van der Waals surface area contributed by atoms with E-state index in [2.05, 4.69) is 30.8 Å². The lowest BCUT2D eigenvalue weighted by atomic mass is 9.65. The monoisotopic (exact) mass is 301 g/mol. The van der Waals surface area contributed by atoms with Crippen molar-refractivity contribution in [1.82, 2.24) is 14.7 Å². The summed E-state index contributed by atoms with van der Waals surface area (Å²) in [7, 11) is 0. The highest BCUT2D eigenvalue weighted by atomic mass is 16.1. The predicted molar refractivity (Wildman–Crippen MR) is 86.8 cm³/mol. The molecule has 2 bridgehead atoms. The SMILES string of the molecule is CC1(C)CC2CC(C)(CN2Cn2nc3c(cc2=O)CCC3)C1. The zero-order chi connectivity index (χ0) is 15.5. The molecule has 0 radical (unpaired) electrons. The molecule has 1 saturated heterocycles. The Kier molecular flexibility index (Phi) is 3.06. The van der Waals surface area contributed by atoms with Crippen molar-refractivity contribution in [3.63, 3.8) is 0 Å². The van der Waals surface area contributed by atoms with E-state index in [9.17, 15) is 4.79 Å². The van der Waals surface area contributed by atoms with Gasteiger partial charge in [-0.1, -0.05) is 20.8 Å². The first kappa shape index (κ1) is 14.4. The van der Waals surface area contributed by atoms with Gasteiger partial charge in [0.15, 0.2) is 0 Å². The van der Waals surface area contributed by atoms with Crippen molar-refractivity contribution in [2.45, 2.75) is 72.0 Å². The molecule has 4 nitrogen and oxygen atoms in total. The Bertz CT molecular complexity index is 663. The lowest BCUT2D eigenvalue weighted by Crippen LogP contribution is -2.38. The molecule has 1 aromatic rings. The highest BCUT2D eigenvalue weighted by Gasteiger charge is 2.49. The minimum Gasteiger partial charge on any atom is -0.281 e. The minimum atomic E-state index is 0.0755. The van der Waals surface area contributed by atoms with Crippen LogP contribution in [0.15, 0.2) is 10.9 Å². The number of rotatable bonds is 2. The maximum Gasteiger partial charge on any atom is 0.268 e. The molecule has 3 aliphatic rings. The molecule has 0 spiro atoms. The molecule has 0 aromatic carbocycles. The van der Waals surface area contributed by atoms with Crippen LogP contribution in [0.2, 0.25) is 0 Å². The first-order chi connectivity index (χ1) is 10.3. The van der Waals surface area contributed by atoms with Crippen LogP contribution in [0, 0.1) is 10.8 Å². The maximum absolute atomic E-state index is 12.3. The van der Waals surface area contributed by atoms with E-state index in [-0.39, 0.29) is 5.56 Å². The van der Waals surface area contributed by atoms with Gasteiger partial charge in [-0.05, 0) is 54.9 Å². The second kappa shape index (κ2) is 4.67. The summed E-state index contributed by atoms with van der Waals surface area (Å²) in [6, 6.07) is 2.43. The van der Waals surface area contributed by atoms with E-state index in [1.807, 2.05) is 6.07 Å². The number of aryl methyl sites for hydroxylation is 2. The molecule has 2 heterocycles. The Morgan fingerprint density at radius 1 is 1.27 bits per heavy atom. The first-order valence-corrected chi connectivity index (χ1v) is 8.68. The fourth-order valence-corrected chi connectivity index (χ4v) is 5.45. The molecule has 4 heteroatoms. The molecule has 2 aliphatic carbocycles. The van der Waals surface area contributed by atoms with Crippen molar-refractivity contribution in [3.05, 3.63) is 27.7 Å². The summed E-state index contributed by atoms with van der Waals surface area (Å²) in [6.07, 6.45) is 7.00. The van der Waals surface area contributed by atoms with Crippen LogP contribution >= 0.6 is 0 Å². The Morgan fingerprint density at radius 3 is 2.91 bits per heavy atom. The second-order valence-corrected chi connectivity index (χ2v) is 8.91. The normalized spacial score (nSPS) is 33.1. The van der Waals surface area contributed by atoms with Crippen LogP contribution in [0.25, 0.3) is 0 Å². The summed E-state index contributed by atoms with van der Waals surface area (Å²) in [5, 5.41) is 4.65. The van der Waals surface area contributed by atoms with Gasteiger partial charge in [-0.3, -0.25) is 9.69 Å². The van der Waals surface area contributed by atoms with Crippen molar-refractivity contribution in [2.75, 3.05) is 6.54 Å². The van der Waals surface area contributed by atoms with Crippen LogP contribution in [0.1, 0.15) is 57.7 Å². The largest absolute Gasteiger partial charge is 0.281 e. The number of hydrogen-bond donors (Lipinski definition) is 0. The minimum absolute atomic E-state index is 0.0755. The van der Waals surface area contributed by atoms with E-state index < -0.39 is 0 Å². The average molecular weight is 301 g/mol. The van der Waals surface area contributed by atoms with Gasteiger partial charge in [0.05, 0.1) is 12.4 Å². The van der Waals surface area contributed by atoms with Gasteiger partial charge >= 0.3 is 0 Å². The molecule has 2 atom stereocenters. The molecule has 1 aliphatic heterocycles. The van der Waals surface area contributed by atoms with E-state index in [1.165, 1.54) is 24.8 Å². The van der Waals surface area contributed by atoms with Gasteiger partial charge < -0.3 is 0 Å². The zero-order valence-electron chi connectivity index (χ0n) is 14.1. The summed E-state index contributed by atoms with van der Waals surface area (Å²) in [4.78, 5) is 14.8. The third-order valence-electron chi connectivity index (χ3n) is 5.86. The van der Waals surface area contributed by atoms with Crippen LogP contribution in [0.4, 0.5) is 0 Å². The fourth-order valence-electron chi connectivity index (χ4n) is 5.45. The summed E-state index contributed by atoms with van der Waals surface area (Å²) in [6.45, 7) is 8.97. The summed E-state index contributed by atoms with van der Waals surface area (Å²) in [5.41, 5.74) is 3.23. The predicted octanol–water partition coefficient (Wildman–Crippen LogP) is 2.59. The average Bonchev–Trinajstić information content (AvgIpc) is 2.91. The number of nitrogens with zero attached hydrogens (tertiary/aromatic N) is 3. The summed E-state index contributed by atoms with van der Waals surface area (Å²) >= 11 is 0. The van der Waals surface area contributed by atoms with E-state index in [0.717, 1.165) is 31.5 Å². The van der Waals surface area contributed by atoms with Gasteiger partial charge in [0.2, 0.25) is 0 Å². The van der Waals surface area contributed by atoms with Crippen LogP contribution in [-0.4, -0.2) is 27.3 Å². The van der Waals surface area contributed by atoms with Crippen molar-refractivity contribution in [2.24, 2.45) is 10.8 Å². The molecule has 4 rings (SSSR count). The zero-order valence-corrected chi connectivity index (χ0v) is 14.1. The van der Waals surface area contributed by atoms with Gasteiger partial charge in [-0.2, -0.15) is 5.10 Å². The molecule has 2 fully saturated rings. The first-order valence-electron chi connectivity index (χ1n) is 8.68. The number of hydrogen-bond acceptors (Lipinski definition) is 3. The molecule has 1 aromatic heterocycles.